The number of nitrogens with one attached hydrogen (secondary N) is 2. The highest BCUT2D eigenvalue weighted by Crippen LogP contribution is 2.31. The maximum absolute atomic E-state index is 12.7. The molecule has 0 saturated heterocycles. The largest absolute Gasteiger partial charge is 0.281 e. The van der Waals surface area contributed by atoms with E-state index < -0.39 is 10.0 Å². The van der Waals surface area contributed by atoms with Crippen molar-refractivity contribution in [1.29, 1.82) is 0 Å². The van der Waals surface area contributed by atoms with E-state index in [1.54, 1.807) is 37.3 Å². The summed E-state index contributed by atoms with van der Waals surface area (Å²) < 4.78 is 29.1. The van der Waals surface area contributed by atoms with Crippen LogP contribution in [-0.2, 0) is 10.0 Å². The van der Waals surface area contributed by atoms with Gasteiger partial charge < -0.3 is 0 Å². The number of rotatable bonds is 4. The molecule has 0 amide bonds. The molecule has 0 fully saturated rings. The van der Waals surface area contributed by atoms with Crippen molar-refractivity contribution in [2.75, 3.05) is 4.72 Å². The number of benzene rings is 2. The van der Waals surface area contributed by atoms with Crippen LogP contribution in [0.3, 0.4) is 0 Å². The number of nitrogens with zero attached hydrogens (tertiary/aromatic N) is 2. The first kappa shape index (κ1) is 16.7. The third-order valence-electron chi connectivity index (χ3n) is 3.98. The number of aromatic amines is 1. The van der Waals surface area contributed by atoms with Crippen molar-refractivity contribution in [3.63, 3.8) is 0 Å². The summed E-state index contributed by atoms with van der Waals surface area (Å²) in [5.41, 5.74) is 3.24. The first-order chi connectivity index (χ1) is 12.4. The van der Waals surface area contributed by atoms with Crippen molar-refractivity contribution in [3.05, 3.63) is 59.9 Å². The average Bonchev–Trinajstić information content (AvgIpc) is 3.18. The van der Waals surface area contributed by atoms with E-state index in [0.29, 0.717) is 17.1 Å². The van der Waals surface area contributed by atoms with Gasteiger partial charge in [0, 0.05) is 11.3 Å². The van der Waals surface area contributed by atoms with Gasteiger partial charge in [0.2, 0.25) is 0 Å². The smallest absolute Gasteiger partial charge is 0.265 e. The van der Waals surface area contributed by atoms with Gasteiger partial charge in [-0.05, 0) is 38.1 Å². The molecular formula is C18H16N4O2S2. The molecule has 0 spiro atoms. The Morgan fingerprint density at radius 2 is 1.88 bits per heavy atom. The van der Waals surface area contributed by atoms with Gasteiger partial charge in [-0.15, -0.1) is 11.3 Å². The highest BCUT2D eigenvalue weighted by molar-refractivity contribution is 7.92. The molecular weight excluding hydrogens is 368 g/mol. The molecule has 4 aromatic rings. The van der Waals surface area contributed by atoms with Crippen molar-refractivity contribution < 1.29 is 8.42 Å². The summed E-state index contributed by atoms with van der Waals surface area (Å²) in [7, 11) is -3.72. The topological polar surface area (TPSA) is 87.7 Å². The highest BCUT2D eigenvalue weighted by Gasteiger charge is 2.22. The first-order valence-corrected chi connectivity index (χ1v) is 10.2. The van der Waals surface area contributed by atoms with Gasteiger partial charge in [0.15, 0.2) is 0 Å². The van der Waals surface area contributed by atoms with Crippen molar-refractivity contribution >= 4 is 37.3 Å². The fourth-order valence-electron chi connectivity index (χ4n) is 2.85. The zero-order valence-corrected chi connectivity index (χ0v) is 15.8. The van der Waals surface area contributed by atoms with Gasteiger partial charge in [0.1, 0.15) is 9.90 Å². The predicted molar refractivity (Wildman–Crippen MR) is 104 cm³/mol. The molecule has 0 aliphatic carbocycles. The first-order valence-electron chi connectivity index (χ1n) is 7.94. The van der Waals surface area contributed by atoms with Crippen LogP contribution in [0.5, 0.6) is 0 Å². The monoisotopic (exact) mass is 384 g/mol. The second kappa shape index (κ2) is 6.22. The minimum absolute atomic E-state index is 0.183. The Labute approximate surface area is 155 Å². The Morgan fingerprint density at radius 3 is 2.62 bits per heavy atom. The molecule has 0 unspecified atom stereocenters. The van der Waals surface area contributed by atoms with Crippen LogP contribution < -0.4 is 4.72 Å². The lowest BCUT2D eigenvalue weighted by molar-refractivity contribution is 0.600. The van der Waals surface area contributed by atoms with Crippen molar-refractivity contribution in [3.8, 4) is 10.6 Å². The third-order valence-corrected chi connectivity index (χ3v) is 6.71. The zero-order chi connectivity index (χ0) is 18.3. The van der Waals surface area contributed by atoms with Crippen LogP contribution in [0.1, 0.15) is 11.4 Å². The lowest BCUT2D eigenvalue weighted by Gasteiger charge is -2.09. The van der Waals surface area contributed by atoms with Gasteiger partial charge in [0.25, 0.3) is 10.0 Å². The van der Waals surface area contributed by atoms with E-state index in [1.165, 1.54) is 0 Å². The van der Waals surface area contributed by atoms with Gasteiger partial charge in [-0.1, -0.05) is 24.3 Å². The number of thiazole rings is 1. The van der Waals surface area contributed by atoms with Crippen molar-refractivity contribution in [2.45, 2.75) is 18.7 Å². The van der Waals surface area contributed by atoms with Gasteiger partial charge in [-0.2, -0.15) is 5.10 Å². The number of fused-ring (bicyclic) bond motifs is 1. The summed E-state index contributed by atoms with van der Waals surface area (Å²) in [6.07, 6.45) is 0. The molecule has 8 heteroatoms. The summed E-state index contributed by atoms with van der Waals surface area (Å²) in [5.74, 6) is 0. The van der Waals surface area contributed by atoms with Gasteiger partial charge in [-0.25, -0.2) is 13.4 Å². The summed E-state index contributed by atoms with van der Waals surface area (Å²) in [6, 6.07) is 15.2. The van der Waals surface area contributed by atoms with Crippen LogP contribution in [0.2, 0.25) is 0 Å². The minimum atomic E-state index is -3.72. The number of H-pyrrole nitrogens is 1. The number of hydrogen-bond donors (Lipinski definition) is 2. The summed E-state index contributed by atoms with van der Waals surface area (Å²) >= 11 is 1.58. The van der Waals surface area contributed by atoms with Crippen LogP contribution in [0.4, 0.5) is 5.69 Å². The fraction of sp³-hybridized carbons (Fsp3) is 0.111. The van der Waals surface area contributed by atoms with Crippen molar-refractivity contribution in [1.82, 2.24) is 15.2 Å². The molecule has 26 heavy (non-hydrogen) atoms. The Hall–Kier alpha value is -2.71. The number of hydrogen-bond acceptors (Lipinski definition) is 5. The van der Waals surface area contributed by atoms with Crippen LogP contribution in [-0.4, -0.2) is 23.6 Å². The quantitative estimate of drug-likeness (QED) is 0.554. The molecule has 0 radical (unpaired) electrons. The highest BCUT2D eigenvalue weighted by atomic mass is 32.2. The molecule has 2 aromatic carbocycles. The molecule has 6 nitrogen and oxygen atoms in total. The zero-order valence-electron chi connectivity index (χ0n) is 14.1. The molecule has 0 atom stereocenters. The molecule has 0 aliphatic heterocycles. The second-order valence-electron chi connectivity index (χ2n) is 5.94. The Kier molecular flexibility index (Phi) is 4.01. The molecule has 132 valence electrons. The van der Waals surface area contributed by atoms with Gasteiger partial charge in [0.05, 0.1) is 21.6 Å². The molecule has 0 bridgehead atoms. The summed E-state index contributed by atoms with van der Waals surface area (Å²) in [5, 5.41) is 7.51. The molecule has 0 saturated carbocycles. The lowest BCUT2D eigenvalue weighted by atomic mass is 10.2. The van der Waals surface area contributed by atoms with E-state index in [9.17, 15) is 8.42 Å². The van der Waals surface area contributed by atoms with Crippen LogP contribution >= 0.6 is 11.3 Å². The number of sulfonamides is 1. The van der Waals surface area contributed by atoms with Crippen molar-refractivity contribution in [2.24, 2.45) is 0 Å². The predicted octanol–water partition coefficient (Wildman–Crippen LogP) is 4.10. The minimum Gasteiger partial charge on any atom is -0.281 e. The maximum atomic E-state index is 12.7. The number of aryl methyl sites for hydroxylation is 2. The Morgan fingerprint density at radius 1 is 1.08 bits per heavy atom. The molecule has 2 heterocycles. The fourth-order valence-corrected chi connectivity index (χ4v) is 5.24. The third kappa shape index (κ3) is 2.97. The number of anilines is 1. The maximum Gasteiger partial charge on any atom is 0.265 e. The normalized spacial score (nSPS) is 11.8. The molecule has 4 rings (SSSR count). The second-order valence-corrected chi connectivity index (χ2v) is 8.59. The summed E-state index contributed by atoms with van der Waals surface area (Å²) in [6.45, 7) is 3.35. The van der Waals surface area contributed by atoms with E-state index in [-0.39, 0.29) is 4.90 Å². The number of para-hydroxylation sites is 1. The van der Waals surface area contributed by atoms with E-state index in [1.807, 2.05) is 36.4 Å². The molecule has 0 aliphatic rings. The van der Waals surface area contributed by atoms with Gasteiger partial charge in [-0.3, -0.25) is 9.82 Å². The van der Waals surface area contributed by atoms with E-state index in [0.717, 1.165) is 20.8 Å². The standard InChI is InChI=1S/C18H16N4O2S2/c1-11-17(12(2)21-20-11)26(23,24)22-14-7-5-6-13(10-14)18-19-15-8-3-4-9-16(15)25-18/h3-10,22H,1-2H3,(H,20,21). The Bertz CT molecular complexity index is 1160. The van der Waals surface area contributed by atoms with E-state index in [4.69, 9.17) is 0 Å². The van der Waals surface area contributed by atoms with Gasteiger partial charge >= 0.3 is 0 Å². The molecule has 2 aromatic heterocycles. The average molecular weight is 384 g/mol. The van der Waals surface area contributed by atoms with Crippen LogP contribution in [0, 0.1) is 13.8 Å². The van der Waals surface area contributed by atoms with E-state index >= 15 is 0 Å². The summed E-state index contributed by atoms with van der Waals surface area (Å²) in [4.78, 5) is 4.81. The Balaban J connectivity index is 1.70. The van der Waals surface area contributed by atoms with E-state index in [2.05, 4.69) is 19.9 Å². The van der Waals surface area contributed by atoms with Crippen LogP contribution in [0.15, 0.2) is 53.4 Å². The molecule has 2 N–H and O–H groups in total. The SMILES string of the molecule is Cc1n[nH]c(C)c1S(=O)(=O)Nc1cccc(-c2nc3ccccc3s2)c1. The van der Waals surface area contributed by atoms with Crippen LogP contribution in [0.25, 0.3) is 20.8 Å². The number of aromatic nitrogens is 3. The lowest BCUT2D eigenvalue weighted by Crippen LogP contribution is -2.14.